The van der Waals surface area contributed by atoms with Crippen molar-refractivity contribution >= 4 is 16.9 Å². The summed E-state index contributed by atoms with van der Waals surface area (Å²) in [6.45, 7) is 3.72. The first-order chi connectivity index (χ1) is 16.4. The minimum atomic E-state index is -3.33. The number of alkyl halides is 2. The van der Waals surface area contributed by atoms with Crippen molar-refractivity contribution in [3.63, 3.8) is 0 Å². The fraction of sp³-hybridized carbons (Fsp3) is 0.385. The van der Waals surface area contributed by atoms with E-state index in [1.807, 2.05) is 0 Å². The molecule has 1 aliphatic heterocycles. The molecule has 1 atom stereocenters. The maximum absolute atomic E-state index is 15.3. The third-order valence-electron chi connectivity index (χ3n) is 5.94. The Morgan fingerprint density at radius 3 is 2.46 bits per heavy atom. The Morgan fingerprint density at radius 1 is 1.14 bits per heavy atom. The van der Waals surface area contributed by atoms with E-state index in [-0.39, 0.29) is 29.6 Å². The Kier molecular flexibility index (Phi) is 6.29. The molecule has 3 aromatic rings. The molecule has 4 rings (SSSR count). The number of ether oxygens (including phenoxy) is 2. The molecule has 9 heteroatoms. The molecule has 1 aromatic heterocycles. The molecule has 0 N–H and O–H groups in total. The van der Waals surface area contributed by atoms with Gasteiger partial charge in [-0.3, -0.25) is 4.79 Å². The summed E-state index contributed by atoms with van der Waals surface area (Å²) in [5.74, 6) is -4.93. The molecule has 1 fully saturated rings. The summed E-state index contributed by atoms with van der Waals surface area (Å²) >= 11 is 0. The van der Waals surface area contributed by atoms with Crippen LogP contribution in [0.3, 0.4) is 0 Å². The first-order valence-corrected chi connectivity index (χ1v) is 11.2. The van der Waals surface area contributed by atoms with Gasteiger partial charge in [0.1, 0.15) is 17.2 Å². The third-order valence-corrected chi connectivity index (χ3v) is 5.94. The fourth-order valence-electron chi connectivity index (χ4n) is 4.30. The normalized spacial score (nSPS) is 17.6. The molecule has 0 spiro atoms. The number of pyridine rings is 1. The van der Waals surface area contributed by atoms with Crippen LogP contribution in [-0.2, 0) is 11.3 Å². The summed E-state index contributed by atoms with van der Waals surface area (Å²) in [6, 6.07) is 12.3. The zero-order valence-corrected chi connectivity index (χ0v) is 20.0. The van der Waals surface area contributed by atoms with Gasteiger partial charge in [0.05, 0.1) is 31.5 Å². The summed E-state index contributed by atoms with van der Waals surface area (Å²) in [5.41, 5.74) is -0.880. The van der Waals surface area contributed by atoms with Crippen LogP contribution in [0.5, 0.6) is 5.75 Å². The van der Waals surface area contributed by atoms with Crippen LogP contribution < -0.4 is 10.3 Å². The van der Waals surface area contributed by atoms with E-state index >= 15 is 8.78 Å². The van der Waals surface area contributed by atoms with Gasteiger partial charge >= 0.3 is 6.09 Å². The molecule has 2 heterocycles. The number of rotatable bonds is 4. The number of hydrogen-bond donors (Lipinski definition) is 0. The van der Waals surface area contributed by atoms with E-state index in [2.05, 4.69) is 0 Å². The maximum Gasteiger partial charge on any atom is 0.410 e. The molecule has 35 heavy (non-hydrogen) atoms. The standard InChI is InChI=1S/C26H27F3N2O4/c1-25(2,3)35-24(33)30-14-19(26(28,29)15-30)21-12-17-6-5-7-20(27)22(17)23(32)31(21)13-16-8-10-18(34-4)11-9-16/h5-12,19H,13-15H2,1-4H3. The predicted molar refractivity (Wildman–Crippen MR) is 126 cm³/mol. The second-order valence-corrected chi connectivity index (χ2v) is 9.69. The van der Waals surface area contributed by atoms with E-state index in [1.54, 1.807) is 45.0 Å². The van der Waals surface area contributed by atoms with Gasteiger partial charge in [-0.1, -0.05) is 24.3 Å². The molecule has 1 amide bonds. The quantitative estimate of drug-likeness (QED) is 0.509. The van der Waals surface area contributed by atoms with Crippen LogP contribution in [-0.4, -0.2) is 47.3 Å². The zero-order chi connectivity index (χ0) is 25.5. The number of likely N-dealkylation sites (tertiary alicyclic amines) is 1. The summed E-state index contributed by atoms with van der Waals surface area (Å²) in [5, 5.41) is 0.0533. The van der Waals surface area contributed by atoms with E-state index < -0.39 is 41.5 Å². The van der Waals surface area contributed by atoms with Gasteiger partial charge in [0.15, 0.2) is 0 Å². The Balaban J connectivity index is 1.81. The first kappa shape index (κ1) is 24.6. The van der Waals surface area contributed by atoms with Crippen molar-refractivity contribution in [3.8, 4) is 5.75 Å². The molecule has 6 nitrogen and oxygen atoms in total. The molecule has 1 aliphatic rings. The average molecular weight is 489 g/mol. The smallest absolute Gasteiger partial charge is 0.410 e. The molecule has 186 valence electrons. The van der Waals surface area contributed by atoms with Gasteiger partial charge in [-0.25, -0.2) is 18.0 Å². The van der Waals surface area contributed by atoms with Crippen LogP contribution in [0, 0.1) is 5.82 Å². The van der Waals surface area contributed by atoms with Crippen molar-refractivity contribution in [2.24, 2.45) is 0 Å². The fourth-order valence-corrected chi connectivity index (χ4v) is 4.30. The lowest BCUT2D eigenvalue weighted by Crippen LogP contribution is -2.36. The van der Waals surface area contributed by atoms with E-state index in [0.717, 1.165) is 11.0 Å². The maximum atomic E-state index is 15.3. The van der Waals surface area contributed by atoms with Gasteiger partial charge in [0.2, 0.25) is 0 Å². The van der Waals surface area contributed by atoms with E-state index in [4.69, 9.17) is 9.47 Å². The highest BCUT2D eigenvalue weighted by molar-refractivity contribution is 5.83. The van der Waals surface area contributed by atoms with Gasteiger partial charge < -0.3 is 18.9 Å². The molecule has 1 unspecified atom stereocenters. The molecular formula is C26H27F3N2O4. The summed E-state index contributed by atoms with van der Waals surface area (Å²) in [7, 11) is 1.52. The number of aromatic nitrogens is 1. The van der Waals surface area contributed by atoms with Crippen molar-refractivity contribution in [1.29, 1.82) is 0 Å². The third kappa shape index (κ3) is 4.99. The molecule has 2 aromatic carbocycles. The zero-order valence-electron chi connectivity index (χ0n) is 20.0. The van der Waals surface area contributed by atoms with E-state index in [9.17, 15) is 14.0 Å². The Labute approximate surface area is 200 Å². The van der Waals surface area contributed by atoms with Gasteiger partial charge in [0.25, 0.3) is 11.5 Å². The SMILES string of the molecule is COc1ccc(Cn2c(C3CN(C(=O)OC(C)(C)C)CC3(F)F)cc3cccc(F)c3c2=O)cc1. The summed E-state index contributed by atoms with van der Waals surface area (Å²) < 4.78 is 56.8. The monoisotopic (exact) mass is 488 g/mol. The van der Waals surface area contributed by atoms with Gasteiger partial charge in [-0.2, -0.15) is 0 Å². The van der Waals surface area contributed by atoms with E-state index in [0.29, 0.717) is 11.3 Å². The van der Waals surface area contributed by atoms with E-state index in [1.165, 1.54) is 29.9 Å². The molecular weight excluding hydrogens is 461 g/mol. The number of fused-ring (bicyclic) bond motifs is 1. The van der Waals surface area contributed by atoms with Crippen LogP contribution >= 0.6 is 0 Å². The summed E-state index contributed by atoms with van der Waals surface area (Å²) in [6.07, 6.45) is -0.851. The number of halogens is 3. The van der Waals surface area contributed by atoms with Gasteiger partial charge in [-0.05, 0) is 56.0 Å². The van der Waals surface area contributed by atoms with Crippen LogP contribution in [0.15, 0.2) is 53.3 Å². The lowest BCUT2D eigenvalue weighted by Gasteiger charge is -2.24. The second kappa shape index (κ2) is 8.94. The largest absolute Gasteiger partial charge is 0.497 e. The topological polar surface area (TPSA) is 60.8 Å². The minimum Gasteiger partial charge on any atom is -0.497 e. The second-order valence-electron chi connectivity index (χ2n) is 9.69. The highest BCUT2D eigenvalue weighted by Gasteiger charge is 2.52. The van der Waals surface area contributed by atoms with Crippen molar-refractivity contribution in [3.05, 3.63) is 76.0 Å². The minimum absolute atomic E-state index is 0.0278. The highest BCUT2D eigenvalue weighted by Crippen LogP contribution is 2.41. The predicted octanol–water partition coefficient (Wildman–Crippen LogP) is 5.17. The molecule has 0 bridgehead atoms. The number of methoxy groups -OCH3 is 1. The number of carbonyl (C=O) groups is 1. The summed E-state index contributed by atoms with van der Waals surface area (Å²) in [4.78, 5) is 26.9. The molecule has 1 saturated heterocycles. The van der Waals surface area contributed by atoms with Crippen LogP contribution in [0.1, 0.15) is 37.9 Å². The van der Waals surface area contributed by atoms with Crippen molar-refractivity contribution in [1.82, 2.24) is 9.47 Å². The van der Waals surface area contributed by atoms with Crippen LogP contribution in [0.25, 0.3) is 10.8 Å². The molecule has 0 radical (unpaired) electrons. The number of hydrogen-bond acceptors (Lipinski definition) is 4. The highest BCUT2D eigenvalue weighted by atomic mass is 19.3. The average Bonchev–Trinajstić information content (AvgIpc) is 3.10. The van der Waals surface area contributed by atoms with Crippen LogP contribution in [0.4, 0.5) is 18.0 Å². The molecule has 0 aliphatic carbocycles. The molecule has 0 saturated carbocycles. The lowest BCUT2D eigenvalue weighted by atomic mass is 9.97. The number of nitrogens with zero attached hydrogens (tertiary/aromatic N) is 2. The number of carbonyl (C=O) groups excluding carboxylic acids is 1. The van der Waals surface area contributed by atoms with Crippen molar-refractivity contribution in [2.75, 3.05) is 20.2 Å². The van der Waals surface area contributed by atoms with Gasteiger partial charge in [-0.15, -0.1) is 0 Å². The van der Waals surface area contributed by atoms with Crippen LogP contribution in [0.2, 0.25) is 0 Å². The number of benzene rings is 2. The Morgan fingerprint density at radius 2 is 1.83 bits per heavy atom. The van der Waals surface area contributed by atoms with Crippen molar-refractivity contribution < 1.29 is 27.4 Å². The van der Waals surface area contributed by atoms with Crippen molar-refractivity contribution in [2.45, 2.75) is 44.8 Å². The number of amides is 1. The Hall–Kier alpha value is -3.49. The van der Waals surface area contributed by atoms with Gasteiger partial charge in [0, 0.05) is 12.2 Å². The first-order valence-electron chi connectivity index (χ1n) is 11.2. The Bertz CT molecular complexity index is 1310. The lowest BCUT2D eigenvalue weighted by molar-refractivity contribution is -0.0121.